The second-order valence-corrected chi connectivity index (χ2v) is 10.5. The lowest BCUT2D eigenvalue weighted by molar-refractivity contribution is 0.481. The fraction of sp³-hybridized carbons (Fsp3) is 0.0625. The zero-order valence-electron chi connectivity index (χ0n) is 19.9. The van der Waals surface area contributed by atoms with Gasteiger partial charge >= 0.3 is 8.53 Å². The summed E-state index contributed by atoms with van der Waals surface area (Å²) in [6, 6.07) is 38.3. The number of aryl methyl sites for hydroxylation is 1. The van der Waals surface area contributed by atoms with E-state index in [1.165, 1.54) is 43.9 Å². The first-order valence-corrected chi connectivity index (χ1v) is 13.3. The van der Waals surface area contributed by atoms with Crippen molar-refractivity contribution in [2.45, 2.75) is 13.3 Å². The number of para-hydroxylation sites is 1. The van der Waals surface area contributed by atoms with Crippen LogP contribution in [0.1, 0.15) is 16.8 Å². The average molecular weight is 486 g/mol. The minimum Gasteiger partial charge on any atom is -0.422 e. The lowest BCUT2D eigenvalue weighted by atomic mass is 9.90. The van der Waals surface area contributed by atoms with Crippen molar-refractivity contribution < 1.29 is 9.05 Å². The van der Waals surface area contributed by atoms with E-state index < -0.39 is 8.53 Å². The van der Waals surface area contributed by atoms with Crippen molar-refractivity contribution >= 4 is 30.1 Å². The summed E-state index contributed by atoms with van der Waals surface area (Å²) < 4.78 is 15.6. The van der Waals surface area contributed by atoms with Gasteiger partial charge in [0.25, 0.3) is 0 Å². The van der Waals surface area contributed by atoms with Crippen molar-refractivity contribution in [3.05, 3.63) is 132 Å². The van der Waals surface area contributed by atoms with E-state index in [1.807, 2.05) is 12.1 Å². The van der Waals surface area contributed by atoms with Crippen LogP contribution >= 0.6 is 8.53 Å². The Hall–Kier alpha value is -4.07. The zero-order valence-corrected chi connectivity index (χ0v) is 20.8. The molecule has 1 atom stereocenters. The van der Waals surface area contributed by atoms with Gasteiger partial charge in [-0.15, -0.1) is 0 Å². The molecule has 0 bridgehead atoms. The van der Waals surface area contributed by atoms with Gasteiger partial charge in [-0.25, -0.2) is 0 Å². The maximum atomic E-state index is 6.88. The highest BCUT2D eigenvalue weighted by atomic mass is 31.2. The van der Waals surface area contributed by atoms with Crippen LogP contribution in [0.2, 0.25) is 0 Å². The molecule has 5 aromatic carbocycles. The Morgan fingerprint density at radius 1 is 0.694 bits per heavy atom. The molecule has 2 heterocycles. The monoisotopic (exact) mass is 485 g/mol. The van der Waals surface area contributed by atoms with Crippen molar-refractivity contribution in [1.29, 1.82) is 0 Å². The van der Waals surface area contributed by atoms with E-state index in [4.69, 9.17) is 9.05 Å². The van der Waals surface area contributed by atoms with Gasteiger partial charge in [-0.3, -0.25) is 4.34 Å². The SMILES string of the molecule is Cc1ccc2ccccc2c1-c1c(OP2Oc3ccccc3Cc3cccn32)ccc2ccccc12. The molecule has 1 aliphatic heterocycles. The Morgan fingerprint density at radius 2 is 1.39 bits per heavy atom. The molecular weight excluding hydrogens is 461 g/mol. The number of fused-ring (bicyclic) bond motifs is 4. The van der Waals surface area contributed by atoms with Gasteiger partial charge in [0, 0.05) is 29.4 Å². The molecule has 3 nitrogen and oxygen atoms in total. The van der Waals surface area contributed by atoms with Crippen LogP contribution in [0.5, 0.6) is 11.5 Å². The van der Waals surface area contributed by atoms with Gasteiger partial charge in [0.15, 0.2) is 0 Å². The summed E-state index contributed by atoms with van der Waals surface area (Å²) in [5, 5.41) is 4.80. The summed E-state index contributed by atoms with van der Waals surface area (Å²) in [6.45, 7) is 2.18. The summed E-state index contributed by atoms with van der Waals surface area (Å²) >= 11 is 0. The summed E-state index contributed by atoms with van der Waals surface area (Å²) in [6.07, 6.45) is 2.88. The van der Waals surface area contributed by atoms with E-state index in [2.05, 4.69) is 115 Å². The van der Waals surface area contributed by atoms with E-state index in [1.54, 1.807) is 0 Å². The molecule has 36 heavy (non-hydrogen) atoms. The molecule has 4 heteroatoms. The lowest BCUT2D eigenvalue weighted by Gasteiger charge is -2.22. The molecule has 174 valence electrons. The minimum atomic E-state index is -1.44. The number of aromatic nitrogens is 1. The van der Waals surface area contributed by atoms with Crippen molar-refractivity contribution in [3.63, 3.8) is 0 Å². The molecule has 0 fully saturated rings. The highest BCUT2D eigenvalue weighted by molar-refractivity contribution is 7.46. The molecule has 6 aromatic rings. The third-order valence-corrected chi connectivity index (χ3v) is 8.41. The predicted molar refractivity (Wildman–Crippen MR) is 149 cm³/mol. The van der Waals surface area contributed by atoms with Gasteiger partial charge in [-0.1, -0.05) is 84.9 Å². The van der Waals surface area contributed by atoms with E-state index in [0.717, 1.165) is 23.5 Å². The molecule has 7 rings (SSSR count). The molecule has 1 aromatic heterocycles. The molecule has 0 aliphatic carbocycles. The van der Waals surface area contributed by atoms with E-state index >= 15 is 0 Å². The van der Waals surface area contributed by atoms with Gasteiger partial charge in [0.1, 0.15) is 11.5 Å². The molecule has 1 unspecified atom stereocenters. The molecule has 1 aliphatic rings. The number of hydrogen-bond donors (Lipinski definition) is 0. The van der Waals surface area contributed by atoms with Gasteiger partial charge in [0.2, 0.25) is 0 Å². The zero-order chi connectivity index (χ0) is 24.1. The van der Waals surface area contributed by atoms with E-state index in [-0.39, 0.29) is 0 Å². The van der Waals surface area contributed by atoms with Crippen LogP contribution in [0.15, 0.2) is 115 Å². The quantitative estimate of drug-likeness (QED) is 0.234. The van der Waals surface area contributed by atoms with Crippen molar-refractivity contribution in [2.24, 2.45) is 0 Å². The first kappa shape index (κ1) is 21.2. The molecule has 0 saturated heterocycles. The van der Waals surface area contributed by atoms with E-state index in [9.17, 15) is 0 Å². The van der Waals surface area contributed by atoms with Crippen molar-refractivity contribution in [2.75, 3.05) is 0 Å². The number of benzene rings is 5. The van der Waals surface area contributed by atoms with Crippen LogP contribution in [-0.4, -0.2) is 4.34 Å². The Labute approximate surface area is 211 Å². The van der Waals surface area contributed by atoms with Crippen molar-refractivity contribution in [1.82, 2.24) is 4.34 Å². The number of nitrogens with zero attached hydrogens (tertiary/aromatic N) is 1. The van der Waals surface area contributed by atoms with Crippen LogP contribution in [0, 0.1) is 6.92 Å². The van der Waals surface area contributed by atoms with Crippen LogP contribution in [0.3, 0.4) is 0 Å². The summed E-state index contributed by atoms with van der Waals surface area (Å²) in [5.74, 6) is 1.72. The summed E-state index contributed by atoms with van der Waals surface area (Å²) in [7, 11) is -1.44. The molecule has 0 amide bonds. The normalized spacial score (nSPS) is 14.6. The maximum Gasteiger partial charge on any atom is 0.421 e. The third-order valence-electron chi connectivity index (χ3n) is 6.96. The third kappa shape index (κ3) is 3.47. The molecule has 0 saturated carbocycles. The fourth-order valence-electron chi connectivity index (χ4n) is 5.21. The topological polar surface area (TPSA) is 23.4 Å². The van der Waals surface area contributed by atoms with Crippen molar-refractivity contribution in [3.8, 4) is 22.6 Å². The largest absolute Gasteiger partial charge is 0.422 e. The first-order chi connectivity index (χ1) is 17.8. The minimum absolute atomic E-state index is 0.818. The lowest BCUT2D eigenvalue weighted by Crippen LogP contribution is -2.05. The Bertz CT molecular complexity index is 1750. The molecule has 0 spiro atoms. The van der Waals surface area contributed by atoms with Crippen LogP contribution in [0.25, 0.3) is 32.7 Å². The number of hydrogen-bond acceptors (Lipinski definition) is 2. The standard InChI is InChI=1S/C32H24NO2P/c1-22-16-17-23-9-2-5-13-27(23)31(22)32-28-14-6-3-10-24(28)18-19-30(32)35-36-33-20-8-12-26(33)21-25-11-4-7-15-29(25)34-36/h2-20H,21H2,1H3. The molecular formula is C32H24NO2P. The van der Waals surface area contributed by atoms with Crippen LogP contribution < -0.4 is 9.05 Å². The van der Waals surface area contributed by atoms with Crippen LogP contribution in [-0.2, 0) is 6.42 Å². The summed E-state index contributed by atoms with van der Waals surface area (Å²) in [5.41, 5.74) is 5.90. The summed E-state index contributed by atoms with van der Waals surface area (Å²) in [4.78, 5) is 0. The smallest absolute Gasteiger partial charge is 0.421 e. The highest BCUT2D eigenvalue weighted by Gasteiger charge is 2.28. The predicted octanol–water partition coefficient (Wildman–Crippen LogP) is 8.91. The fourth-order valence-corrected chi connectivity index (χ4v) is 6.63. The second kappa shape index (κ2) is 8.55. The van der Waals surface area contributed by atoms with E-state index in [0.29, 0.717) is 0 Å². The Kier molecular flexibility index (Phi) is 5.04. The van der Waals surface area contributed by atoms with Gasteiger partial charge < -0.3 is 9.05 Å². The Morgan fingerprint density at radius 3 is 2.22 bits per heavy atom. The van der Waals surface area contributed by atoms with Gasteiger partial charge in [0.05, 0.1) is 0 Å². The Balaban J connectivity index is 1.45. The average Bonchev–Trinajstić information content (AvgIpc) is 3.32. The highest BCUT2D eigenvalue weighted by Crippen LogP contribution is 2.51. The molecule has 0 N–H and O–H groups in total. The maximum absolute atomic E-state index is 6.88. The first-order valence-electron chi connectivity index (χ1n) is 12.2. The number of rotatable bonds is 3. The van der Waals surface area contributed by atoms with Gasteiger partial charge in [-0.2, -0.15) is 0 Å². The van der Waals surface area contributed by atoms with Gasteiger partial charge in [-0.05, 0) is 63.9 Å². The van der Waals surface area contributed by atoms with Crippen LogP contribution in [0.4, 0.5) is 0 Å². The second-order valence-electron chi connectivity index (χ2n) is 9.19. The molecule has 0 radical (unpaired) electrons.